The Morgan fingerprint density at radius 2 is 1.84 bits per heavy atom. The van der Waals surface area contributed by atoms with E-state index < -0.39 is 57.4 Å². The zero-order chi connectivity index (χ0) is 27.4. The first kappa shape index (κ1) is 28.1. The van der Waals surface area contributed by atoms with Crippen molar-refractivity contribution in [2.45, 2.75) is 49.2 Å². The monoisotopic (exact) mass is 569 g/mol. The molecule has 4 heterocycles. The first-order valence-corrected chi connectivity index (χ1v) is 14.3. The van der Waals surface area contributed by atoms with Crippen LogP contribution in [0, 0.1) is 11.8 Å². The van der Waals surface area contributed by atoms with Crippen LogP contribution in [0.15, 0.2) is 10.6 Å². The third kappa shape index (κ3) is 5.10. The molecule has 0 aromatic carbocycles. The molecule has 0 aromatic heterocycles. The lowest BCUT2D eigenvalue weighted by Gasteiger charge is -2.47. The largest absolute Gasteiger partial charge is 0.511 e. The Morgan fingerprint density at radius 3 is 2.41 bits per heavy atom. The van der Waals surface area contributed by atoms with Gasteiger partial charge in [0.25, 0.3) is 0 Å². The van der Waals surface area contributed by atoms with E-state index in [0.29, 0.717) is 31.0 Å². The van der Waals surface area contributed by atoms with Gasteiger partial charge in [0.2, 0.25) is 11.8 Å². The number of hydrogen-bond donors (Lipinski definition) is 3. The van der Waals surface area contributed by atoms with Crippen LogP contribution >= 0.6 is 11.8 Å². The maximum atomic E-state index is 12.9. The molecule has 4 aliphatic heterocycles. The minimum atomic E-state index is -5.68. The molecule has 4 rings (SSSR count). The zero-order valence-electron chi connectivity index (χ0n) is 20.5. The lowest BCUT2D eigenvalue weighted by molar-refractivity contribution is -0.158. The molecule has 37 heavy (non-hydrogen) atoms. The Morgan fingerprint density at radius 1 is 1.22 bits per heavy atom. The first-order chi connectivity index (χ1) is 17.1. The van der Waals surface area contributed by atoms with E-state index in [1.807, 2.05) is 11.9 Å². The molecule has 3 fully saturated rings. The molecule has 3 N–H and O–H groups in total. The molecule has 11 nitrogen and oxygen atoms in total. The molecule has 0 saturated carbocycles. The van der Waals surface area contributed by atoms with Crippen molar-refractivity contribution in [3.05, 3.63) is 10.6 Å². The lowest BCUT2D eigenvalue weighted by atomic mass is 9.78. The highest BCUT2D eigenvalue weighted by molar-refractivity contribution is 8.03. The van der Waals surface area contributed by atoms with Gasteiger partial charge in [-0.25, -0.2) is 17.9 Å². The minimum Gasteiger partial charge on any atom is -0.477 e. The van der Waals surface area contributed by atoms with Gasteiger partial charge in [0.1, 0.15) is 5.70 Å². The number of carbonyl (C=O) groups is 3. The summed E-state index contributed by atoms with van der Waals surface area (Å²) in [6.07, 6.45) is 0.461. The summed E-state index contributed by atoms with van der Waals surface area (Å²) >= 11 is 1.25. The standard InChI is InChI=1S/C21H30F3N5O6S2/c1-10-15-14(11(2)26-37(34,35)21(22,23)24)19(31)29(15)16(20(32)33)17(10)36-12-8-13(25-9-12)18(30)28-6-4-27(3)5-7-28/h10-15,25-26H,4-9H2,1-3H3,(H,32,33)/t10-,11?,12+,13+,14-,15-/m1/s1. The number of amides is 2. The Bertz CT molecular complexity index is 1110. The van der Waals surface area contributed by atoms with Crippen LogP contribution in [-0.4, -0.2) is 115 Å². The number of piperazine rings is 1. The van der Waals surface area contributed by atoms with Gasteiger partial charge >= 0.3 is 21.5 Å². The molecule has 4 aliphatic rings. The van der Waals surface area contributed by atoms with E-state index >= 15 is 0 Å². The number of halogens is 3. The van der Waals surface area contributed by atoms with E-state index in [1.54, 1.807) is 6.92 Å². The number of sulfonamides is 1. The van der Waals surface area contributed by atoms with Crippen LogP contribution in [0.5, 0.6) is 0 Å². The van der Waals surface area contributed by atoms with Crippen molar-refractivity contribution < 1.29 is 41.1 Å². The highest BCUT2D eigenvalue weighted by Gasteiger charge is 2.61. The second kappa shape index (κ2) is 10.0. The number of rotatable bonds is 7. The fourth-order valence-electron chi connectivity index (χ4n) is 5.49. The summed E-state index contributed by atoms with van der Waals surface area (Å²) in [5.74, 6) is -3.78. The fourth-order valence-corrected chi connectivity index (χ4v) is 7.74. The number of hydrogen-bond acceptors (Lipinski definition) is 8. The van der Waals surface area contributed by atoms with E-state index in [-0.39, 0.29) is 16.9 Å². The van der Waals surface area contributed by atoms with E-state index in [1.165, 1.54) is 16.5 Å². The number of nitrogens with one attached hydrogen (secondary N) is 2. The van der Waals surface area contributed by atoms with E-state index in [4.69, 9.17) is 0 Å². The molecule has 0 bridgehead atoms. The second-order valence-electron chi connectivity index (χ2n) is 9.95. The fraction of sp³-hybridized carbons (Fsp3) is 0.762. The molecule has 16 heteroatoms. The van der Waals surface area contributed by atoms with Gasteiger partial charge in [-0.3, -0.25) is 9.59 Å². The molecular weight excluding hydrogens is 539 g/mol. The summed E-state index contributed by atoms with van der Waals surface area (Å²) in [6, 6.07) is -2.58. The third-order valence-electron chi connectivity index (χ3n) is 7.47. The number of carboxylic acids is 1. The van der Waals surface area contributed by atoms with Crippen LogP contribution in [0.2, 0.25) is 0 Å². The molecule has 208 valence electrons. The van der Waals surface area contributed by atoms with Crippen molar-refractivity contribution in [1.29, 1.82) is 0 Å². The summed E-state index contributed by atoms with van der Waals surface area (Å²) in [6.45, 7) is 6.12. The lowest BCUT2D eigenvalue weighted by Crippen LogP contribution is -2.66. The molecule has 3 saturated heterocycles. The Labute approximate surface area is 216 Å². The van der Waals surface area contributed by atoms with Crippen molar-refractivity contribution in [2.24, 2.45) is 11.8 Å². The normalized spacial score (nSPS) is 31.9. The second-order valence-corrected chi connectivity index (χ2v) is 13.0. The highest BCUT2D eigenvalue weighted by atomic mass is 32.2. The van der Waals surface area contributed by atoms with E-state index in [2.05, 4.69) is 10.2 Å². The highest BCUT2D eigenvalue weighted by Crippen LogP contribution is 2.52. The number of likely N-dealkylation sites (N-methyl/N-ethyl adjacent to an activating group) is 1. The first-order valence-electron chi connectivity index (χ1n) is 11.9. The van der Waals surface area contributed by atoms with Crippen LogP contribution in [0.1, 0.15) is 20.3 Å². The van der Waals surface area contributed by atoms with Gasteiger partial charge in [0, 0.05) is 54.8 Å². The van der Waals surface area contributed by atoms with Crippen LogP contribution in [-0.2, 0) is 24.4 Å². The molecule has 1 unspecified atom stereocenters. The number of nitrogens with zero attached hydrogens (tertiary/aromatic N) is 3. The SMILES string of the molecule is CC(NS(=O)(=O)C(F)(F)F)[C@H]1C(=O)N2C(C(=O)O)=C(S[C@@H]3CN[C@H](C(=O)N4CCN(C)CC4)C3)[C@H](C)[C@H]12. The molecule has 0 aromatic rings. The molecule has 0 radical (unpaired) electrons. The molecular formula is C21H30F3N5O6S2. The van der Waals surface area contributed by atoms with Crippen molar-refractivity contribution in [1.82, 2.24) is 24.7 Å². The average Bonchev–Trinajstić information content (AvgIpc) is 3.35. The van der Waals surface area contributed by atoms with Gasteiger partial charge in [-0.05, 0) is 20.4 Å². The third-order valence-corrected chi connectivity index (χ3v) is 10.3. The number of aliphatic carboxylic acids is 1. The van der Waals surface area contributed by atoms with Gasteiger partial charge in [0.05, 0.1) is 18.0 Å². The summed E-state index contributed by atoms with van der Waals surface area (Å²) in [4.78, 5) is 43.3. The number of fused-ring (bicyclic) bond motifs is 1. The quantitative estimate of drug-likeness (QED) is 0.357. The zero-order valence-corrected chi connectivity index (χ0v) is 22.1. The summed E-state index contributed by atoms with van der Waals surface area (Å²) in [7, 11) is -3.69. The van der Waals surface area contributed by atoms with Gasteiger partial charge in [-0.15, -0.1) is 11.8 Å². The number of β-lactam (4-membered cyclic amide) rings is 1. The van der Waals surface area contributed by atoms with Crippen molar-refractivity contribution in [3.8, 4) is 0 Å². The van der Waals surface area contributed by atoms with Gasteiger partial charge in [0.15, 0.2) is 0 Å². The summed E-state index contributed by atoms with van der Waals surface area (Å²) in [5, 5.41) is 12.9. The van der Waals surface area contributed by atoms with Crippen LogP contribution in [0.3, 0.4) is 0 Å². The van der Waals surface area contributed by atoms with Crippen LogP contribution in [0.4, 0.5) is 13.2 Å². The van der Waals surface area contributed by atoms with Gasteiger partial charge in [-0.1, -0.05) is 6.92 Å². The number of carboxylic acid groups (broad SMARTS) is 1. The summed E-state index contributed by atoms with van der Waals surface area (Å²) < 4.78 is 63.1. The summed E-state index contributed by atoms with van der Waals surface area (Å²) in [5.41, 5.74) is -5.77. The average molecular weight is 570 g/mol. The van der Waals surface area contributed by atoms with E-state index in [9.17, 15) is 41.1 Å². The van der Waals surface area contributed by atoms with Gasteiger partial charge < -0.3 is 25.1 Å². The van der Waals surface area contributed by atoms with Crippen molar-refractivity contribution in [2.75, 3.05) is 39.8 Å². The number of alkyl halides is 3. The topological polar surface area (TPSA) is 139 Å². The maximum absolute atomic E-state index is 12.9. The molecule has 6 atom stereocenters. The molecule has 2 amide bonds. The van der Waals surface area contributed by atoms with Crippen molar-refractivity contribution >= 4 is 39.6 Å². The Kier molecular flexibility index (Phi) is 7.62. The number of carbonyl (C=O) groups excluding carboxylic acids is 2. The predicted molar refractivity (Wildman–Crippen MR) is 127 cm³/mol. The predicted octanol–water partition coefficient (Wildman–Crippen LogP) is -0.175. The Hall–Kier alpha value is -1.88. The Balaban J connectivity index is 1.45. The van der Waals surface area contributed by atoms with Crippen molar-refractivity contribution in [3.63, 3.8) is 0 Å². The number of thioether (sulfide) groups is 1. The molecule has 0 spiro atoms. The maximum Gasteiger partial charge on any atom is 0.511 e. The van der Waals surface area contributed by atoms with Crippen LogP contribution < -0.4 is 10.0 Å². The smallest absolute Gasteiger partial charge is 0.477 e. The minimum absolute atomic E-state index is 0.00653. The van der Waals surface area contributed by atoms with Gasteiger partial charge in [-0.2, -0.15) is 13.2 Å². The van der Waals surface area contributed by atoms with Crippen LogP contribution in [0.25, 0.3) is 0 Å². The van der Waals surface area contributed by atoms with E-state index in [0.717, 1.165) is 24.9 Å². The molecule has 0 aliphatic carbocycles.